The molecule has 2 aromatic rings. The first-order valence-corrected chi connectivity index (χ1v) is 7.56. The van der Waals surface area contributed by atoms with Gasteiger partial charge in [-0.2, -0.15) is 0 Å². The predicted molar refractivity (Wildman–Crippen MR) is 83.1 cm³/mol. The van der Waals surface area contributed by atoms with Crippen molar-refractivity contribution in [3.8, 4) is 0 Å². The number of hydrogen-bond acceptors (Lipinski definition) is 6. The lowest BCUT2D eigenvalue weighted by atomic mass is 10.1. The van der Waals surface area contributed by atoms with Gasteiger partial charge in [0.15, 0.2) is 6.23 Å². The van der Waals surface area contributed by atoms with Gasteiger partial charge in [-0.25, -0.2) is 4.79 Å². The third kappa shape index (κ3) is 2.92. The summed E-state index contributed by atoms with van der Waals surface area (Å²) in [5.41, 5.74) is 0.333. The van der Waals surface area contributed by atoms with E-state index in [-0.39, 0.29) is 12.0 Å². The molecule has 1 fully saturated rings. The molecule has 1 saturated heterocycles. The average molecular weight is 333 g/mol. The Hall–Kier alpha value is -2.26. The SMILES string of the molecule is N=c1ccn([C@@H]2O[C@H](CO)[C@@H](O)[C@H]2O)c(=O)n1Cc1ccccc1. The molecule has 8 heteroatoms. The molecular formula is C16H19N3O5. The van der Waals surface area contributed by atoms with Gasteiger partial charge in [0.05, 0.1) is 13.2 Å². The summed E-state index contributed by atoms with van der Waals surface area (Å²) < 4.78 is 7.76. The second kappa shape index (κ2) is 6.70. The maximum absolute atomic E-state index is 12.7. The van der Waals surface area contributed by atoms with Crippen LogP contribution in [0.25, 0.3) is 0 Å². The Morgan fingerprint density at radius 1 is 1.12 bits per heavy atom. The van der Waals surface area contributed by atoms with Gasteiger partial charge < -0.3 is 20.1 Å². The largest absolute Gasteiger partial charge is 0.394 e. The molecule has 0 amide bonds. The van der Waals surface area contributed by atoms with Crippen molar-refractivity contribution in [1.82, 2.24) is 9.13 Å². The monoisotopic (exact) mass is 333 g/mol. The van der Waals surface area contributed by atoms with Crippen LogP contribution in [0.4, 0.5) is 0 Å². The lowest BCUT2D eigenvalue weighted by Crippen LogP contribution is -2.43. The number of aromatic nitrogens is 2. The van der Waals surface area contributed by atoms with Crippen molar-refractivity contribution in [2.45, 2.75) is 31.1 Å². The maximum Gasteiger partial charge on any atom is 0.332 e. The summed E-state index contributed by atoms with van der Waals surface area (Å²) >= 11 is 0. The molecule has 3 rings (SSSR count). The third-order valence-corrected chi connectivity index (χ3v) is 4.11. The molecule has 2 heterocycles. The van der Waals surface area contributed by atoms with Crippen molar-refractivity contribution in [2.75, 3.05) is 6.61 Å². The minimum Gasteiger partial charge on any atom is -0.394 e. The van der Waals surface area contributed by atoms with Crippen LogP contribution in [0.1, 0.15) is 11.8 Å². The van der Waals surface area contributed by atoms with Crippen LogP contribution in [-0.4, -0.2) is 49.4 Å². The van der Waals surface area contributed by atoms with E-state index in [4.69, 9.17) is 15.3 Å². The Morgan fingerprint density at radius 2 is 1.83 bits per heavy atom. The van der Waals surface area contributed by atoms with Crippen LogP contribution >= 0.6 is 0 Å². The van der Waals surface area contributed by atoms with Crippen molar-refractivity contribution in [2.24, 2.45) is 0 Å². The Balaban J connectivity index is 1.98. The lowest BCUT2D eigenvalue weighted by molar-refractivity contribution is -0.0556. The van der Waals surface area contributed by atoms with Crippen molar-refractivity contribution < 1.29 is 20.1 Å². The Kier molecular flexibility index (Phi) is 4.63. The predicted octanol–water partition coefficient (Wildman–Crippen LogP) is -1.21. The average Bonchev–Trinajstić information content (AvgIpc) is 2.88. The zero-order valence-corrected chi connectivity index (χ0v) is 12.8. The first kappa shape index (κ1) is 16.6. The van der Waals surface area contributed by atoms with Gasteiger partial charge in [0.2, 0.25) is 0 Å². The van der Waals surface area contributed by atoms with Gasteiger partial charge in [0.1, 0.15) is 23.8 Å². The summed E-state index contributed by atoms with van der Waals surface area (Å²) in [5.74, 6) is 0. The number of nitrogens with zero attached hydrogens (tertiary/aromatic N) is 2. The number of aliphatic hydroxyl groups is 3. The molecule has 8 nitrogen and oxygen atoms in total. The highest BCUT2D eigenvalue weighted by Gasteiger charge is 2.43. The van der Waals surface area contributed by atoms with Crippen molar-refractivity contribution in [1.29, 1.82) is 5.41 Å². The van der Waals surface area contributed by atoms with Crippen molar-refractivity contribution in [3.63, 3.8) is 0 Å². The van der Waals surface area contributed by atoms with E-state index in [0.717, 1.165) is 10.1 Å². The first-order chi connectivity index (χ1) is 11.5. The molecule has 1 aliphatic rings. The Morgan fingerprint density at radius 3 is 2.46 bits per heavy atom. The minimum absolute atomic E-state index is 0.0202. The summed E-state index contributed by atoms with van der Waals surface area (Å²) in [5, 5.41) is 37.0. The first-order valence-electron chi connectivity index (χ1n) is 7.56. The fourth-order valence-corrected chi connectivity index (χ4v) is 2.77. The quantitative estimate of drug-likeness (QED) is 0.559. The Labute approximate surface area is 137 Å². The van der Waals surface area contributed by atoms with Gasteiger partial charge in [-0.3, -0.25) is 14.5 Å². The molecule has 128 valence electrons. The van der Waals surface area contributed by atoms with Gasteiger partial charge in [-0.15, -0.1) is 0 Å². The van der Waals surface area contributed by atoms with E-state index in [1.54, 1.807) is 0 Å². The maximum atomic E-state index is 12.7. The van der Waals surface area contributed by atoms with Crippen molar-refractivity contribution >= 4 is 0 Å². The van der Waals surface area contributed by atoms with Gasteiger partial charge >= 0.3 is 5.69 Å². The number of benzene rings is 1. The van der Waals surface area contributed by atoms with E-state index < -0.39 is 36.8 Å². The van der Waals surface area contributed by atoms with E-state index in [0.29, 0.717) is 0 Å². The summed E-state index contributed by atoms with van der Waals surface area (Å²) in [6.07, 6.45) is -3.37. The standard InChI is InChI=1S/C16H19N3O5/c17-12-6-7-18(15-14(22)13(21)11(9-20)24-15)16(23)19(12)8-10-4-2-1-3-5-10/h1-7,11,13-15,17,20-22H,8-9H2/t11-,13-,14-,15-/m1/s1. The van der Waals surface area contributed by atoms with E-state index >= 15 is 0 Å². The highest BCUT2D eigenvalue weighted by atomic mass is 16.6. The third-order valence-electron chi connectivity index (χ3n) is 4.11. The van der Waals surface area contributed by atoms with Crippen LogP contribution in [0, 0.1) is 5.41 Å². The minimum atomic E-state index is -1.35. The van der Waals surface area contributed by atoms with Crippen LogP contribution < -0.4 is 11.2 Å². The summed E-state index contributed by atoms with van der Waals surface area (Å²) in [6, 6.07) is 10.6. The smallest absolute Gasteiger partial charge is 0.332 e. The molecule has 0 aliphatic carbocycles. The molecule has 4 atom stereocenters. The molecular weight excluding hydrogens is 314 g/mol. The fourth-order valence-electron chi connectivity index (χ4n) is 2.77. The highest BCUT2D eigenvalue weighted by molar-refractivity contribution is 5.15. The summed E-state index contributed by atoms with van der Waals surface area (Å²) in [6.45, 7) is -0.266. The van der Waals surface area contributed by atoms with E-state index in [2.05, 4.69) is 0 Å². The summed E-state index contributed by atoms with van der Waals surface area (Å²) in [7, 11) is 0. The van der Waals surface area contributed by atoms with Crippen molar-refractivity contribution in [3.05, 3.63) is 64.1 Å². The van der Waals surface area contributed by atoms with E-state index in [1.807, 2.05) is 30.3 Å². The Bertz CT molecular complexity index is 816. The lowest BCUT2D eigenvalue weighted by Gasteiger charge is -2.19. The summed E-state index contributed by atoms with van der Waals surface area (Å²) in [4.78, 5) is 12.7. The number of hydrogen-bond donors (Lipinski definition) is 4. The van der Waals surface area contributed by atoms with Crippen LogP contribution in [0.5, 0.6) is 0 Å². The topological polar surface area (TPSA) is 121 Å². The van der Waals surface area contributed by atoms with Gasteiger partial charge in [-0.05, 0) is 11.6 Å². The van der Waals surface area contributed by atoms with E-state index in [9.17, 15) is 15.0 Å². The molecule has 0 radical (unpaired) electrons. The zero-order chi connectivity index (χ0) is 17.3. The zero-order valence-electron chi connectivity index (χ0n) is 12.8. The molecule has 0 bridgehead atoms. The van der Waals surface area contributed by atoms with Crippen LogP contribution in [0.15, 0.2) is 47.4 Å². The molecule has 0 spiro atoms. The van der Waals surface area contributed by atoms with Gasteiger partial charge in [0, 0.05) is 6.20 Å². The normalized spacial score (nSPS) is 26.6. The molecule has 0 unspecified atom stereocenters. The number of ether oxygens (including phenoxy) is 1. The number of rotatable bonds is 4. The second-order valence-electron chi connectivity index (χ2n) is 5.69. The fraction of sp³-hybridized carbons (Fsp3) is 0.375. The number of aliphatic hydroxyl groups excluding tert-OH is 3. The molecule has 1 aromatic heterocycles. The molecule has 24 heavy (non-hydrogen) atoms. The van der Waals surface area contributed by atoms with Gasteiger partial charge in [0.25, 0.3) is 0 Å². The van der Waals surface area contributed by atoms with Crippen LogP contribution in [0.2, 0.25) is 0 Å². The van der Waals surface area contributed by atoms with Gasteiger partial charge in [-0.1, -0.05) is 30.3 Å². The molecule has 4 N–H and O–H groups in total. The molecule has 0 saturated carbocycles. The van der Waals surface area contributed by atoms with Crippen LogP contribution in [-0.2, 0) is 11.3 Å². The second-order valence-corrected chi connectivity index (χ2v) is 5.69. The highest BCUT2D eigenvalue weighted by Crippen LogP contribution is 2.27. The van der Waals surface area contributed by atoms with E-state index in [1.165, 1.54) is 16.8 Å². The van der Waals surface area contributed by atoms with Crippen LogP contribution in [0.3, 0.4) is 0 Å². The molecule has 1 aliphatic heterocycles. The number of nitrogens with one attached hydrogen (secondary N) is 1. The molecule has 1 aromatic carbocycles.